The Bertz CT molecular complexity index is 1210. The summed E-state index contributed by atoms with van der Waals surface area (Å²) in [5.41, 5.74) is 9.81. The molecule has 4 aromatic rings. The summed E-state index contributed by atoms with van der Waals surface area (Å²) in [7, 11) is 0. The molecule has 0 spiro atoms. The zero-order chi connectivity index (χ0) is 22.6. The first kappa shape index (κ1) is 21.4. The fourth-order valence-electron chi connectivity index (χ4n) is 4.52. The van der Waals surface area contributed by atoms with E-state index in [2.05, 4.69) is 22.1 Å². The predicted octanol–water partition coefficient (Wildman–Crippen LogP) is 4.01. The number of nitrogens with zero attached hydrogens (tertiary/aromatic N) is 6. The zero-order valence-electron chi connectivity index (χ0n) is 18.9. The van der Waals surface area contributed by atoms with Crippen LogP contribution >= 0.6 is 0 Å². The van der Waals surface area contributed by atoms with Crippen LogP contribution < -0.4 is 10.5 Å². The van der Waals surface area contributed by atoms with Crippen molar-refractivity contribution in [1.29, 1.82) is 0 Å². The first-order chi connectivity index (χ1) is 16.3. The minimum atomic E-state index is 0.207. The van der Waals surface area contributed by atoms with E-state index in [1.807, 2.05) is 34.9 Å². The molecule has 33 heavy (non-hydrogen) atoms. The molecule has 172 valence electrons. The number of hydrogen-bond acceptors (Lipinski definition) is 8. The van der Waals surface area contributed by atoms with E-state index in [0.717, 1.165) is 35.3 Å². The second-order valence-corrected chi connectivity index (χ2v) is 8.32. The largest absolute Gasteiger partial charge is 0.490 e. The van der Waals surface area contributed by atoms with Crippen LogP contribution in [0.1, 0.15) is 32.6 Å². The number of rotatable bonds is 8. The van der Waals surface area contributed by atoms with Crippen LogP contribution in [0.4, 0.5) is 5.82 Å². The van der Waals surface area contributed by atoms with E-state index in [4.69, 9.17) is 25.1 Å². The Morgan fingerprint density at radius 3 is 2.61 bits per heavy atom. The van der Waals surface area contributed by atoms with E-state index in [-0.39, 0.29) is 5.82 Å². The first-order valence-electron chi connectivity index (χ1n) is 11.6. The molecule has 0 bridgehead atoms. The van der Waals surface area contributed by atoms with Crippen molar-refractivity contribution in [3.63, 3.8) is 0 Å². The van der Waals surface area contributed by atoms with Gasteiger partial charge in [0, 0.05) is 18.7 Å². The fourth-order valence-corrected chi connectivity index (χ4v) is 4.52. The molecular formula is C24H29N7O2. The molecule has 0 aliphatic carbocycles. The molecule has 0 unspecified atom stereocenters. The van der Waals surface area contributed by atoms with E-state index < -0.39 is 0 Å². The van der Waals surface area contributed by atoms with E-state index in [0.29, 0.717) is 30.4 Å². The molecule has 5 rings (SSSR count). The maximum absolute atomic E-state index is 6.26. The summed E-state index contributed by atoms with van der Waals surface area (Å²) >= 11 is 0. The first-order valence-corrected chi connectivity index (χ1v) is 11.6. The van der Waals surface area contributed by atoms with Crippen LogP contribution in [0.15, 0.2) is 41.2 Å². The third-order valence-electron chi connectivity index (χ3n) is 6.15. The summed E-state index contributed by atoms with van der Waals surface area (Å²) in [6, 6.07) is 10.0. The van der Waals surface area contributed by atoms with Crippen molar-refractivity contribution < 1.29 is 9.37 Å². The zero-order valence-corrected chi connectivity index (χ0v) is 18.9. The van der Waals surface area contributed by atoms with Crippen molar-refractivity contribution in [3.8, 4) is 28.5 Å². The van der Waals surface area contributed by atoms with Crippen molar-refractivity contribution in [3.05, 3.63) is 36.5 Å². The van der Waals surface area contributed by atoms with Crippen molar-refractivity contribution >= 4 is 16.9 Å². The van der Waals surface area contributed by atoms with Crippen LogP contribution in [0.3, 0.4) is 0 Å². The maximum Gasteiger partial charge on any atom is 0.199 e. The van der Waals surface area contributed by atoms with Gasteiger partial charge in [-0.25, -0.2) is 14.6 Å². The van der Waals surface area contributed by atoms with Gasteiger partial charge in [0.15, 0.2) is 23.1 Å². The number of hydrogen-bond donors (Lipinski definition) is 1. The number of likely N-dealkylation sites (tertiary alicyclic amines) is 1. The number of pyridine rings is 1. The summed E-state index contributed by atoms with van der Waals surface area (Å²) in [6.07, 6.45) is 6.71. The van der Waals surface area contributed by atoms with Gasteiger partial charge in [0.1, 0.15) is 11.0 Å². The predicted molar refractivity (Wildman–Crippen MR) is 127 cm³/mol. The number of nitrogen functional groups attached to an aromatic ring is 1. The lowest BCUT2D eigenvalue weighted by Crippen LogP contribution is -2.31. The van der Waals surface area contributed by atoms with Gasteiger partial charge in [-0.2, -0.15) is 0 Å². The van der Waals surface area contributed by atoms with Crippen LogP contribution in [-0.4, -0.2) is 56.0 Å². The van der Waals surface area contributed by atoms with Crippen molar-refractivity contribution in [2.45, 2.75) is 39.2 Å². The second-order valence-electron chi connectivity index (χ2n) is 8.32. The van der Waals surface area contributed by atoms with Gasteiger partial charge in [-0.3, -0.25) is 0 Å². The number of aryl methyl sites for hydroxylation is 1. The molecule has 0 radical (unpaired) electrons. The molecule has 1 aliphatic rings. The van der Waals surface area contributed by atoms with Crippen LogP contribution in [0.25, 0.3) is 33.8 Å². The fraction of sp³-hybridized carbons (Fsp3) is 0.417. The summed E-state index contributed by atoms with van der Waals surface area (Å²) in [6.45, 7) is 6.76. The minimum absolute atomic E-state index is 0.207. The SMILES string of the molecule is CCn1c(-c2nonc2N)nc2c(-c3ccccc3)ncc(OCCCN3CCCCC3)c21. The highest BCUT2D eigenvalue weighted by molar-refractivity contribution is 5.95. The minimum Gasteiger partial charge on any atom is -0.490 e. The number of nitrogens with two attached hydrogens (primary N) is 1. The van der Waals surface area contributed by atoms with Crippen LogP contribution in [0, 0.1) is 0 Å². The Hall–Kier alpha value is -3.46. The maximum atomic E-state index is 6.26. The Balaban J connectivity index is 1.51. The van der Waals surface area contributed by atoms with Crippen LogP contribution in [0.5, 0.6) is 5.75 Å². The number of aromatic nitrogens is 5. The molecule has 1 fully saturated rings. The molecule has 1 aliphatic heterocycles. The van der Waals surface area contributed by atoms with Gasteiger partial charge in [-0.15, -0.1) is 0 Å². The summed E-state index contributed by atoms with van der Waals surface area (Å²) in [4.78, 5) is 12.2. The Labute approximate surface area is 192 Å². The summed E-state index contributed by atoms with van der Waals surface area (Å²) < 4.78 is 13.2. The molecule has 0 atom stereocenters. The van der Waals surface area contributed by atoms with Crippen molar-refractivity contribution in [2.75, 3.05) is 32.0 Å². The molecule has 0 amide bonds. The normalized spacial score (nSPS) is 14.7. The standard InChI is InChI=1S/C24H29N7O2/c1-2-31-22-18(32-15-9-14-30-12-7-4-8-13-30)16-26-19(17-10-5-3-6-11-17)20(22)27-24(31)21-23(25)29-33-28-21/h3,5-6,10-11,16H,2,4,7-9,12-15H2,1H3,(H2,25,29). The van der Waals surface area contributed by atoms with Crippen LogP contribution in [-0.2, 0) is 6.54 Å². The Kier molecular flexibility index (Phi) is 6.21. The van der Waals surface area contributed by atoms with Gasteiger partial charge in [0.05, 0.1) is 18.5 Å². The molecule has 1 saturated heterocycles. The Morgan fingerprint density at radius 2 is 1.88 bits per heavy atom. The molecule has 4 heterocycles. The molecule has 2 N–H and O–H groups in total. The number of anilines is 1. The van der Waals surface area contributed by atoms with Gasteiger partial charge < -0.3 is 19.9 Å². The lowest BCUT2D eigenvalue weighted by atomic mass is 10.1. The quantitative estimate of drug-likeness (QED) is 0.404. The molecule has 3 aromatic heterocycles. The van der Waals surface area contributed by atoms with Gasteiger partial charge in [0.2, 0.25) is 0 Å². The van der Waals surface area contributed by atoms with Gasteiger partial charge in [-0.05, 0) is 49.6 Å². The highest BCUT2D eigenvalue weighted by Crippen LogP contribution is 2.36. The summed E-state index contributed by atoms with van der Waals surface area (Å²) in [5, 5.41) is 7.72. The van der Waals surface area contributed by atoms with Crippen LogP contribution in [0.2, 0.25) is 0 Å². The number of ether oxygens (including phenoxy) is 1. The monoisotopic (exact) mass is 447 g/mol. The molecule has 1 aromatic carbocycles. The number of imidazole rings is 1. The molecule has 9 nitrogen and oxygen atoms in total. The van der Waals surface area contributed by atoms with Gasteiger partial charge in [-0.1, -0.05) is 36.8 Å². The van der Waals surface area contributed by atoms with Crippen molar-refractivity contribution in [2.24, 2.45) is 0 Å². The third-order valence-corrected chi connectivity index (χ3v) is 6.15. The number of benzene rings is 1. The van der Waals surface area contributed by atoms with E-state index in [1.54, 1.807) is 6.20 Å². The average molecular weight is 448 g/mol. The number of fused-ring (bicyclic) bond motifs is 1. The smallest absolute Gasteiger partial charge is 0.199 e. The summed E-state index contributed by atoms with van der Waals surface area (Å²) in [5.74, 6) is 1.51. The van der Waals surface area contributed by atoms with E-state index in [1.165, 1.54) is 32.4 Å². The topological polar surface area (TPSA) is 108 Å². The van der Waals surface area contributed by atoms with E-state index >= 15 is 0 Å². The molecule has 9 heteroatoms. The molecular weight excluding hydrogens is 418 g/mol. The van der Waals surface area contributed by atoms with Gasteiger partial charge >= 0.3 is 0 Å². The highest BCUT2D eigenvalue weighted by Gasteiger charge is 2.24. The third kappa shape index (κ3) is 4.28. The van der Waals surface area contributed by atoms with E-state index in [9.17, 15) is 0 Å². The average Bonchev–Trinajstić information content (AvgIpc) is 3.46. The lowest BCUT2D eigenvalue weighted by molar-refractivity contribution is 0.205. The Morgan fingerprint density at radius 1 is 1.06 bits per heavy atom. The highest BCUT2D eigenvalue weighted by atomic mass is 16.6. The van der Waals surface area contributed by atoms with Crippen molar-refractivity contribution in [1.82, 2.24) is 29.7 Å². The number of piperidine rings is 1. The second kappa shape index (κ2) is 9.58. The molecule has 0 saturated carbocycles. The lowest BCUT2D eigenvalue weighted by Gasteiger charge is -2.26. The van der Waals surface area contributed by atoms with Gasteiger partial charge in [0.25, 0.3) is 0 Å².